The highest BCUT2D eigenvalue weighted by molar-refractivity contribution is 7.85. The summed E-state index contributed by atoms with van der Waals surface area (Å²) in [6, 6.07) is 0. The quantitative estimate of drug-likeness (QED) is 0.405. The summed E-state index contributed by atoms with van der Waals surface area (Å²) in [5.41, 5.74) is 0. The third-order valence-corrected chi connectivity index (χ3v) is 0.204. The van der Waals surface area contributed by atoms with Crippen molar-refractivity contribution in [2.24, 2.45) is 0 Å². The third kappa shape index (κ3) is 1010. The Hall–Kier alpha value is -0.530. The van der Waals surface area contributed by atoms with E-state index in [1.165, 1.54) is 0 Å². The zero-order valence-corrected chi connectivity index (χ0v) is 6.27. The molecule has 0 atom stereocenters. The molecule has 0 aromatic heterocycles. The van der Waals surface area contributed by atoms with Crippen LogP contribution in [0.25, 0.3) is 0 Å². The lowest BCUT2D eigenvalue weighted by Crippen LogP contribution is -1.88. The summed E-state index contributed by atoms with van der Waals surface area (Å²) in [5.74, 6) is 2.43. The van der Waals surface area contributed by atoms with Gasteiger partial charge in [-0.3, -0.25) is 4.55 Å². The van der Waals surface area contributed by atoms with Gasteiger partial charge < -0.3 is 0 Å². The summed E-state index contributed by atoms with van der Waals surface area (Å²) in [7, 11) is -3.67. The molecule has 0 amide bonds. The van der Waals surface area contributed by atoms with Gasteiger partial charge in [0.25, 0.3) is 10.1 Å². The average Bonchev–Trinajstić information content (AvgIpc) is 1.61. The van der Waals surface area contributed by atoms with Gasteiger partial charge in [-0.05, 0) is 0 Å². The van der Waals surface area contributed by atoms with Gasteiger partial charge in [0, 0.05) is 6.42 Å². The number of terminal acetylenes is 1. The first kappa shape index (κ1) is 11.3. The van der Waals surface area contributed by atoms with Crippen molar-refractivity contribution in [3.63, 3.8) is 0 Å². The normalized spacial score (nSPS) is 8.67. The smallest absolute Gasteiger partial charge is 0.261 e. The van der Waals surface area contributed by atoms with Crippen LogP contribution in [0.1, 0.15) is 13.3 Å². The van der Waals surface area contributed by atoms with E-state index in [2.05, 4.69) is 5.92 Å². The first-order valence-electron chi connectivity index (χ1n) is 2.27. The predicted octanol–water partition coefficient (Wildman–Crippen LogP) is 0.534. The lowest BCUT2D eigenvalue weighted by molar-refractivity contribution is 0.490. The second-order valence-corrected chi connectivity index (χ2v) is 2.76. The number of hydrogen-bond acceptors (Lipinski definition) is 2. The van der Waals surface area contributed by atoms with Gasteiger partial charge >= 0.3 is 0 Å². The highest BCUT2D eigenvalue weighted by Gasteiger charge is 1.81. The molecule has 0 rings (SSSR count). The van der Waals surface area contributed by atoms with Crippen molar-refractivity contribution in [3.8, 4) is 12.3 Å². The van der Waals surface area contributed by atoms with Crippen LogP contribution in [0.4, 0.5) is 0 Å². The van der Waals surface area contributed by atoms with Crippen LogP contribution >= 0.6 is 0 Å². The van der Waals surface area contributed by atoms with Gasteiger partial charge in [-0.25, -0.2) is 0 Å². The van der Waals surface area contributed by atoms with Gasteiger partial charge in [0.15, 0.2) is 0 Å². The molecule has 0 unspecified atom stereocenters. The van der Waals surface area contributed by atoms with Gasteiger partial charge in [-0.1, -0.05) is 6.92 Å². The molecule has 1 N–H and O–H groups in total. The Balaban J connectivity index is 0. The molecule has 0 radical (unpaired) electrons. The molecule has 0 aliphatic heterocycles. The molecular weight excluding hydrogens is 140 g/mol. The Labute approximate surface area is 55.8 Å². The Kier molecular flexibility index (Phi) is 7.03. The highest BCUT2D eigenvalue weighted by atomic mass is 32.2. The first-order valence-corrected chi connectivity index (χ1v) is 4.12. The average molecular weight is 150 g/mol. The molecule has 0 heterocycles. The SMILES string of the molecule is C#CCC.CS(=O)(=O)O. The topological polar surface area (TPSA) is 54.4 Å². The summed E-state index contributed by atoms with van der Waals surface area (Å²) < 4.78 is 25.9. The molecule has 0 aliphatic rings. The molecule has 0 aromatic rings. The van der Waals surface area contributed by atoms with Crippen molar-refractivity contribution in [2.75, 3.05) is 6.26 Å². The maximum atomic E-state index is 9.19. The molecular formula is C5H10O3S. The summed E-state index contributed by atoms with van der Waals surface area (Å²) in [6.07, 6.45) is 6.34. The van der Waals surface area contributed by atoms with E-state index in [0.29, 0.717) is 6.26 Å². The van der Waals surface area contributed by atoms with Crippen molar-refractivity contribution in [3.05, 3.63) is 0 Å². The Morgan fingerprint density at radius 3 is 1.78 bits per heavy atom. The molecule has 3 nitrogen and oxygen atoms in total. The van der Waals surface area contributed by atoms with Gasteiger partial charge in [0.2, 0.25) is 0 Å². The Morgan fingerprint density at radius 1 is 1.67 bits per heavy atom. The molecule has 0 aliphatic carbocycles. The van der Waals surface area contributed by atoms with Gasteiger partial charge in [0.1, 0.15) is 0 Å². The fourth-order valence-corrected chi connectivity index (χ4v) is 0. The summed E-state index contributed by atoms with van der Waals surface area (Å²) in [4.78, 5) is 0. The monoisotopic (exact) mass is 150 g/mol. The summed E-state index contributed by atoms with van der Waals surface area (Å²) in [5, 5.41) is 0. The van der Waals surface area contributed by atoms with Gasteiger partial charge in [0.05, 0.1) is 6.26 Å². The van der Waals surface area contributed by atoms with E-state index in [1.807, 2.05) is 6.92 Å². The third-order valence-electron chi connectivity index (χ3n) is 0.204. The van der Waals surface area contributed by atoms with Gasteiger partial charge in [-0.15, -0.1) is 12.3 Å². The van der Waals surface area contributed by atoms with Crippen LogP contribution in [0, 0.1) is 12.3 Å². The fourth-order valence-electron chi connectivity index (χ4n) is 0. The molecule has 0 saturated carbocycles. The van der Waals surface area contributed by atoms with E-state index in [-0.39, 0.29) is 0 Å². The van der Waals surface area contributed by atoms with Crippen LogP contribution in [0.2, 0.25) is 0 Å². The molecule has 0 fully saturated rings. The highest BCUT2D eigenvalue weighted by Crippen LogP contribution is 1.60. The van der Waals surface area contributed by atoms with E-state index in [1.54, 1.807) is 0 Å². The maximum Gasteiger partial charge on any atom is 0.261 e. The molecule has 9 heavy (non-hydrogen) atoms. The van der Waals surface area contributed by atoms with Crippen molar-refractivity contribution < 1.29 is 13.0 Å². The summed E-state index contributed by atoms with van der Waals surface area (Å²) >= 11 is 0. The Morgan fingerprint density at radius 2 is 1.78 bits per heavy atom. The van der Waals surface area contributed by atoms with Crippen LogP contribution in [-0.4, -0.2) is 19.2 Å². The standard InChI is InChI=1S/C4H6.CH4O3S/c1-3-4-2;1-5(2,3)4/h1H,4H2,2H3;1H3,(H,2,3,4). The van der Waals surface area contributed by atoms with Crippen molar-refractivity contribution in [2.45, 2.75) is 13.3 Å². The second kappa shape index (κ2) is 5.60. The zero-order valence-electron chi connectivity index (χ0n) is 5.46. The fraction of sp³-hybridized carbons (Fsp3) is 0.600. The largest absolute Gasteiger partial charge is 0.286 e. The Bertz CT molecular complexity index is 165. The van der Waals surface area contributed by atoms with Crippen LogP contribution < -0.4 is 0 Å². The van der Waals surface area contributed by atoms with Crippen LogP contribution in [-0.2, 0) is 10.1 Å². The zero-order chi connectivity index (χ0) is 7.91. The van der Waals surface area contributed by atoms with E-state index >= 15 is 0 Å². The second-order valence-electron chi connectivity index (χ2n) is 1.29. The van der Waals surface area contributed by atoms with Crippen LogP contribution in [0.15, 0.2) is 0 Å². The first-order chi connectivity index (χ1) is 3.91. The minimum Gasteiger partial charge on any atom is -0.286 e. The van der Waals surface area contributed by atoms with Crippen LogP contribution in [0.3, 0.4) is 0 Å². The van der Waals surface area contributed by atoms with E-state index < -0.39 is 10.1 Å². The molecule has 4 heteroatoms. The molecule has 54 valence electrons. The molecule has 0 bridgehead atoms. The maximum absolute atomic E-state index is 9.19. The summed E-state index contributed by atoms with van der Waals surface area (Å²) in [6.45, 7) is 1.94. The number of rotatable bonds is 0. The minimum atomic E-state index is -3.67. The van der Waals surface area contributed by atoms with Crippen molar-refractivity contribution in [1.82, 2.24) is 0 Å². The van der Waals surface area contributed by atoms with E-state index in [0.717, 1.165) is 6.42 Å². The van der Waals surface area contributed by atoms with E-state index in [9.17, 15) is 8.42 Å². The lowest BCUT2D eigenvalue weighted by atomic mass is 10.5. The van der Waals surface area contributed by atoms with Gasteiger partial charge in [-0.2, -0.15) is 8.42 Å². The van der Waals surface area contributed by atoms with Crippen molar-refractivity contribution in [1.29, 1.82) is 0 Å². The van der Waals surface area contributed by atoms with Crippen molar-refractivity contribution >= 4 is 10.1 Å². The van der Waals surface area contributed by atoms with Crippen LogP contribution in [0.5, 0.6) is 0 Å². The minimum absolute atomic E-state index is 0.715. The van der Waals surface area contributed by atoms with E-state index in [4.69, 9.17) is 11.0 Å². The predicted molar refractivity (Wildman–Crippen MR) is 36.6 cm³/mol. The molecule has 0 aromatic carbocycles. The molecule has 0 saturated heterocycles. The molecule has 0 spiro atoms. The number of hydrogen-bond donors (Lipinski definition) is 1. The lowest BCUT2D eigenvalue weighted by Gasteiger charge is -1.69.